The van der Waals surface area contributed by atoms with Crippen molar-refractivity contribution >= 4 is 15.9 Å². The predicted molar refractivity (Wildman–Crippen MR) is 82.4 cm³/mol. The average Bonchev–Trinajstić information content (AvgIpc) is 2.73. The van der Waals surface area contributed by atoms with Crippen molar-refractivity contribution in [2.24, 2.45) is 0 Å². The molecule has 1 aliphatic heterocycles. The first kappa shape index (κ1) is 16.0. The second kappa shape index (κ2) is 7.04. The summed E-state index contributed by atoms with van der Waals surface area (Å²) in [5, 5.41) is 0. The smallest absolute Gasteiger partial charge is 0.219 e. The van der Waals surface area contributed by atoms with Gasteiger partial charge in [0.25, 0.3) is 0 Å². The van der Waals surface area contributed by atoms with Crippen LogP contribution in [0.3, 0.4) is 0 Å². The monoisotopic (exact) mass is 310 g/mol. The summed E-state index contributed by atoms with van der Waals surface area (Å²) in [7, 11) is -3.26. The number of amides is 1. The van der Waals surface area contributed by atoms with Gasteiger partial charge in [-0.05, 0) is 18.4 Å². The Labute approximate surface area is 126 Å². The molecule has 1 aliphatic rings. The van der Waals surface area contributed by atoms with Gasteiger partial charge in [-0.2, -0.15) is 0 Å². The Morgan fingerprint density at radius 1 is 1.10 bits per heavy atom. The fourth-order valence-corrected chi connectivity index (χ4v) is 4.03. The highest BCUT2D eigenvalue weighted by Gasteiger charge is 2.25. The Balaban J connectivity index is 1.94. The van der Waals surface area contributed by atoms with E-state index in [4.69, 9.17) is 0 Å². The van der Waals surface area contributed by atoms with Gasteiger partial charge in [-0.15, -0.1) is 0 Å². The van der Waals surface area contributed by atoms with Gasteiger partial charge in [-0.25, -0.2) is 12.7 Å². The van der Waals surface area contributed by atoms with Crippen molar-refractivity contribution in [2.75, 3.05) is 31.9 Å². The van der Waals surface area contributed by atoms with E-state index in [9.17, 15) is 13.2 Å². The molecule has 0 aromatic heterocycles. The van der Waals surface area contributed by atoms with E-state index >= 15 is 0 Å². The number of sulfonamides is 1. The lowest BCUT2D eigenvalue weighted by Crippen LogP contribution is -2.38. The van der Waals surface area contributed by atoms with Gasteiger partial charge in [0.1, 0.15) is 0 Å². The maximum Gasteiger partial charge on any atom is 0.219 e. The molecular weight excluding hydrogens is 288 g/mol. The molecule has 0 unspecified atom stereocenters. The van der Waals surface area contributed by atoms with Crippen LogP contribution in [0.2, 0.25) is 0 Å². The molecule has 116 valence electrons. The molecule has 0 saturated carbocycles. The number of rotatable bonds is 4. The van der Waals surface area contributed by atoms with E-state index in [0.29, 0.717) is 39.0 Å². The van der Waals surface area contributed by atoms with Crippen molar-refractivity contribution in [3.05, 3.63) is 35.9 Å². The minimum atomic E-state index is -3.26. The van der Waals surface area contributed by atoms with E-state index in [2.05, 4.69) is 0 Å². The minimum absolute atomic E-state index is 0.0125. The van der Waals surface area contributed by atoms with Crippen molar-refractivity contribution in [3.8, 4) is 0 Å². The molecule has 1 amide bonds. The molecule has 0 N–H and O–H groups in total. The summed E-state index contributed by atoms with van der Waals surface area (Å²) < 4.78 is 26.3. The number of nitrogens with zero attached hydrogens (tertiary/aromatic N) is 2. The summed E-state index contributed by atoms with van der Waals surface area (Å²) in [4.78, 5) is 13.1. The van der Waals surface area contributed by atoms with Gasteiger partial charge in [-0.3, -0.25) is 4.79 Å². The fourth-order valence-electron chi connectivity index (χ4n) is 2.51. The van der Waals surface area contributed by atoms with Crippen LogP contribution in [0, 0.1) is 0 Å². The summed E-state index contributed by atoms with van der Waals surface area (Å²) >= 11 is 0. The van der Waals surface area contributed by atoms with Gasteiger partial charge in [0.15, 0.2) is 0 Å². The Morgan fingerprint density at radius 3 is 2.48 bits per heavy atom. The molecule has 21 heavy (non-hydrogen) atoms. The van der Waals surface area contributed by atoms with E-state index in [1.807, 2.05) is 30.3 Å². The second-order valence-corrected chi connectivity index (χ2v) is 7.40. The van der Waals surface area contributed by atoms with Crippen LogP contribution in [0.15, 0.2) is 30.3 Å². The molecule has 0 spiro atoms. The predicted octanol–water partition coefficient (Wildman–Crippen LogP) is 1.11. The molecule has 1 heterocycles. The first-order chi connectivity index (χ1) is 9.99. The maximum atomic E-state index is 12.4. The van der Waals surface area contributed by atoms with E-state index in [1.54, 1.807) is 4.90 Å². The van der Waals surface area contributed by atoms with Crippen molar-refractivity contribution in [1.29, 1.82) is 0 Å². The number of aryl methyl sites for hydroxylation is 1. The average molecular weight is 310 g/mol. The summed E-state index contributed by atoms with van der Waals surface area (Å²) in [6, 6.07) is 9.63. The molecule has 1 aromatic rings. The standard InChI is InChI=1S/C15H22N2O3S/c1-14(18)16-9-5-10-17(12-11-16)21(19,20)13-8-15-6-3-2-4-7-15/h2-4,6-7H,5,8-13H2,1H3. The third-order valence-corrected chi connectivity index (χ3v) is 5.66. The number of hydrogen-bond donors (Lipinski definition) is 0. The Hall–Kier alpha value is -1.40. The maximum absolute atomic E-state index is 12.4. The van der Waals surface area contributed by atoms with E-state index in [-0.39, 0.29) is 11.7 Å². The van der Waals surface area contributed by atoms with E-state index in [1.165, 1.54) is 11.2 Å². The highest BCUT2D eigenvalue weighted by molar-refractivity contribution is 7.89. The van der Waals surface area contributed by atoms with Crippen LogP contribution in [0.5, 0.6) is 0 Å². The van der Waals surface area contributed by atoms with Gasteiger partial charge >= 0.3 is 0 Å². The fraction of sp³-hybridized carbons (Fsp3) is 0.533. The summed E-state index contributed by atoms with van der Waals surface area (Å²) in [5.41, 5.74) is 1.03. The number of carbonyl (C=O) groups excluding carboxylic acids is 1. The molecule has 0 bridgehead atoms. The molecule has 0 radical (unpaired) electrons. The van der Waals surface area contributed by atoms with Crippen molar-refractivity contribution in [3.63, 3.8) is 0 Å². The lowest BCUT2D eigenvalue weighted by Gasteiger charge is -2.21. The van der Waals surface area contributed by atoms with Gasteiger partial charge in [-0.1, -0.05) is 30.3 Å². The van der Waals surface area contributed by atoms with E-state index in [0.717, 1.165) is 5.56 Å². The van der Waals surface area contributed by atoms with Crippen molar-refractivity contribution < 1.29 is 13.2 Å². The highest BCUT2D eigenvalue weighted by atomic mass is 32.2. The summed E-state index contributed by atoms with van der Waals surface area (Å²) in [6.07, 6.45) is 1.22. The first-order valence-electron chi connectivity index (χ1n) is 7.26. The first-order valence-corrected chi connectivity index (χ1v) is 8.87. The molecular formula is C15H22N2O3S. The molecule has 1 fully saturated rings. The molecule has 6 heteroatoms. The summed E-state index contributed by atoms with van der Waals surface area (Å²) in [6.45, 7) is 3.55. The zero-order valence-electron chi connectivity index (χ0n) is 12.4. The molecule has 2 rings (SSSR count). The molecule has 0 aliphatic carbocycles. The van der Waals surface area contributed by atoms with E-state index < -0.39 is 10.0 Å². The van der Waals surface area contributed by atoms with Crippen molar-refractivity contribution in [1.82, 2.24) is 9.21 Å². The van der Waals surface area contributed by atoms with Crippen LogP contribution >= 0.6 is 0 Å². The van der Waals surface area contributed by atoms with Crippen molar-refractivity contribution in [2.45, 2.75) is 19.8 Å². The minimum Gasteiger partial charge on any atom is -0.342 e. The van der Waals surface area contributed by atoms with Gasteiger partial charge < -0.3 is 4.90 Å². The number of hydrogen-bond acceptors (Lipinski definition) is 3. The molecule has 5 nitrogen and oxygen atoms in total. The van der Waals surface area contributed by atoms with Crippen LogP contribution in [0.1, 0.15) is 18.9 Å². The Kier molecular flexibility index (Phi) is 5.36. The van der Waals surface area contributed by atoms with Gasteiger partial charge in [0.05, 0.1) is 5.75 Å². The topological polar surface area (TPSA) is 57.7 Å². The molecule has 1 saturated heterocycles. The molecule has 1 aromatic carbocycles. The third-order valence-electron chi connectivity index (χ3n) is 3.79. The number of carbonyl (C=O) groups is 1. The zero-order valence-corrected chi connectivity index (χ0v) is 13.2. The van der Waals surface area contributed by atoms with Crippen LogP contribution in [-0.4, -0.2) is 55.5 Å². The Bertz CT molecular complexity index is 572. The van der Waals surface area contributed by atoms with Crippen LogP contribution < -0.4 is 0 Å². The van der Waals surface area contributed by atoms with Gasteiger partial charge in [0, 0.05) is 33.1 Å². The number of benzene rings is 1. The third kappa shape index (κ3) is 4.54. The van der Waals surface area contributed by atoms with Crippen LogP contribution in [-0.2, 0) is 21.2 Å². The second-order valence-electron chi connectivity index (χ2n) is 5.31. The molecule has 0 atom stereocenters. The SMILES string of the molecule is CC(=O)N1CCCN(S(=O)(=O)CCc2ccccc2)CC1. The van der Waals surface area contributed by atoms with Crippen LogP contribution in [0.4, 0.5) is 0 Å². The normalized spacial score (nSPS) is 17.5. The quantitative estimate of drug-likeness (QED) is 0.837. The Morgan fingerprint density at radius 2 is 1.81 bits per heavy atom. The lowest BCUT2D eigenvalue weighted by molar-refractivity contribution is -0.128. The van der Waals surface area contributed by atoms with Gasteiger partial charge in [0.2, 0.25) is 15.9 Å². The summed E-state index contributed by atoms with van der Waals surface area (Å²) in [5.74, 6) is 0.135. The largest absolute Gasteiger partial charge is 0.342 e. The lowest BCUT2D eigenvalue weighted by atomic mass is 10.2. The zero-order chi connectivity index (χ0) is 15.3. The highest BCUT2D eigenvalue weighted by Crippen LogP contribution is 2.11. The van der Waals surface area contributed by atoms with Crippen LogP contribution in [0.25, 0.3) is 0 Å².